The third-order valence-electron chi connectivity index (χ3n) is 4.53. The Balaban J connectivity index is 1.64. The molecular formula is C20H18FN3O2. The standard InChI is InChI=1S/C20H18FN3O2/c1-13-16(10-11-26-13)20(25)22-19-17-4-2-3-5-18(17)24(23-19)12-14-6-8-15(21)9-7-14/h2-11,13,16H,12H2,1H3,(H,22,23,25). The van der Waals surface area contributed by atoms with Crippen molar-refractivity contribution < 1.29 is 13.9 Å². The minimum absolute atomic E-state index is 0.150. The van der Waals surface area contributed by atoms with Gasteiger partial charge in [0.15, 0.2) is 5.82 Å². The van der Waals surface area contributed by atoms with Gasteiger partial charge >= 0.3 is 0 Å². The van der Waals surface area contributed by atoms with E-state index in [2.05, 4.69) is 10.4 Å². The molecule has 132 valence electrons. The molecule has 2 heterocycles. The lowest BCUT2D eigenvalue weighted by Gasteiger charge is -2.13. The third-order valence-corrected chi connectivity index (χ3v) is 4.53. The molecule has 4 rings (SSSR count). The van der Waals surface area contributed by atoms with Gasteiger partial charge in [0, 0.05) is 5.39 Å². The van der Waals surface area contributed by atoms with E-state index >= 15 is 0 Å². The van der Waals surface area contributed by atoms with Crippen molar-refractivity contribution in [2.75, 3.05) is 5.32 Å². The largest absolute Gasteiger partial charge is 0.497 e. The smallest absolute Gasteiger partial charge is 0.236 e. The number of fused-ring (bicyclic) bond motifs is 1. The fourth-order valence-electron chi connectivity index (χ4n) is 3.10. The number of anilines is 1. The number of ether oxygens (including phenoxy) is 1. The lowest BCUT2D eigenvalue weighted by atomic mass is 10.0. The molecule has 0 bridgehead atoms. The monoisotopic (exact) mass is 351 g/mol. The molecule has 0 aliphatic carbocycles. The molecule has 1 aliphatic rings. The molecule has 0 saturated heterocycles. The second-order valence-corrected chi connectivity index (χ2v) is 6.33. The predicted octanol–water partition coefficient (Wildman–Crippen LogP) is 3.71. The van der Waals surface area contributed by atoms with E-state index in [0.29, 0.717) is 12.4 Å². The molecule has 0 spiro atoms. The Bertz CT molecular complexity index is 978. The zero-order valence-electron chi connectivity index (χ0n) is 14.2. The van der Waals surface area contributed by atoms with Crippen LogP contribution in [0, 0.1) is 11.7 Å². The first-order valence-corrected chi connectivity index (χ1v) is 8.45. The molecule has 0 radical (unpaired) electrons. The number of nitrogens with zero attached hydrogens (tertiary/aromatic N) is 2. The first kappa shape index (κ1) is 16.3. The van der Waals surface area contributed by atoms with Crippen LogP contribution in [-0.2, 0) is 16.1 Å². The molecule has 2 unspecified atom stereocenters. The number of amides is 1. The number of hydrogen-bond donors (Lipinski definition) is 1. The van der Waals surface area contributed by atoms with Gasteiger partial charge in [-0.1, -0.05) is 24.3 Å². The van der Waals surface area contributed by atoms with Gasteiger partial charge in [-0.3, -0.25) is 9.48 Å². The highest BCUT2D eigenvalue weighted by atomic mass is 19.1. The van der Waals surface area contributed by atoms with Gasteiger partial charge in [0.05, 0.1) is 24.2 Å². The van der Waals surface area contributed by atoms with Crippen molar-refractivity contribution >= 4 is 22.6 Å². The van der Waals surface area contributed by atoms with Gasteiger partial charge in [-0.15, -0.1) is 0 Å². The molecule has 26 heavy (non-hydrogen) atoms. The SMILES string of the molecule is CC1OC=CC1C(=O)Nc1nn(Cc2ccc(F)cc2)c2ccccc12. The first-order valence-electron chi connectivity index (χ1n) is 8.45. The van der Waals surface area contributed by atoms with Crippen LogP contribution in [0.15, 0.2) is 60.9 Å². The summed E-state index contributed by atoms with van der Waals surface area (Å²) < 4.78 is 20.2. The second-order valence-electron chi connectivity index (χ2n) is 6.33. The van der Waals surface area contributed by atoms with Gasteiger partial charge in [0.1, 0.15) is 11.9 Å². The number of carbonyl (C=O) groups excluding carboxylic acids is 1. The molecule has 1 aromatic heterocycles. The van der Waals surface area contributed by atoms with E-state index in [1.165, 1.54) is 12.1 Å². The van der Waals surface area contributed by atoms with Gasteiger partial charge in [0.2, 0.25) is 5.91 Å². The summed E-state index contributed by atoms with van der Waals surface area (Å²) in [6.07, 6.45) is 3.11. The summed E-state index contributed by atoms with van der Waals surface area (Å²) in [6, 6.07) is 14.0. The van der Waals surface area contributed by atoms with Crippen molar-refractivity contribution in [2.24, 2.45) is 5.92 Å². The molecular weight excluding hydrogens is 333 g/mol. The lowest BCUT2D eigenvalue weighted by molar-refractivity contribution is -0.120. The van der Waals surface area contributed by atoms with E-state index in [9.17, 15) is 9.18 Å². The van der Waals surface area contributed by atoms with E-state index < -0.39 is 0 Å². The number of hydrogen-bond acceptors (Lipinski definition) is 3. The van der Waals surface area contributed by atoms with Crippen LogP contribution in [0.3, 0.4) is 0 Å². The maximum Gasteiger partial charge on any atom is 0.236 e. The molecule has 5 nitrogen and oxygen atoms in total. The van der Waals surface area contributed by atoms with Crippen LogP contribution < -0.4 is 5.32 Å². The van der Waals surface area contributed by atoms with E-state index in [1.54, 1.807) is 24.5 Å². The maximum atomic E-state index is 13.1. The highest BCUT2D eigenvalue weighted by Gasteiger charge is 2.28. The van der Waals surface area contributed by atoms with Crippen LogP contribution in [0.1, 0.15) is 12.5 Å². The first-order chi connectivity index (χ1) is 12.6. The highest BCUT2D eigenvalue weighted by Crippen LogP contribution is 2.25. The topological polar surface area (TPSA) is 56.1 Å². The van der Waals surface area contributed by atoms with Crippen LogP contribution in [0.5, 0.6) is 0 Å². The zero-order chi connectivity index (χ0) is 18.1. The average molecular weight is 351 g/mol. The number of aromatic nitrogens is 2. The Labute approximate surface area is 150 Å². The van der Waals surface area contributed by atoms with Crippen molar-refractivity contribution in [3.05, 3.63) is 72.2 Å². The molecule has 0 saturated carbocycles. The molecule has 3 aromatic rings. The molecule has 2 atom stereocenters. The van der Waals surface area contributed by atoms with Gasteiger partial charge in [-0.05, 0) is 42.8 Å². The number of para-hydroxylation sites is 1. The quantitative estimate of drug-likeness (QED) is 0.780. The fraction of sp³-hybridized carbons (Fsp3) is 0.200. The Morgan fingerprint density at radius 1 is 1.23 bits per heavy atom. The summed E-state index contributed by atoms with van der Waals surface area (Å²) in [4.78, 5) is 12.5. The average Bonchev–Trinajstić information content (AvgIpc) is 3.22. The van der Waals surface area contributed by atoms with Gasteiger partial charge in [-0.25, -0.2) is 4.39 Å². The number of halogens is 1. The van der Waals surface area contributed by atoms with E-state index in [1.807, 2.05) is 35.9 Å². The van der Waals surface area contributed by atoms with Gasteiger partial charge in [0.25, 0.3) is 0 Å². The minimum atomic E-state index is -0.337. The molecule has 1 N–H and O–H groups in total. The maximum absolute atomic E-state index is 13.1. The normalized spacial score (nSPS) is 18.8. The zero-order valence-corrected chi connectivity index (χ0v) is 14.2. The van der Waals surface area contributed by atoms with E-state index in [-0.39, 0.29) is 23.7 Å². The van der Waals surface area contributed by atoms with Crippen LogP contribution in [0.2, 0.25) is 0 Å². The summed E-state index contributed by atoms with van der Waals surface area (Å²) in [5.74, 6) is -0.243. The molecule has 1 aliphatic heterocycles. The van der Waals surface area contributed by atoms with Crippen LogP contribution in [0.4, 0.5) is 10.2 Å². The molecule has 1 amide bonds. The lowest BCUT2D eigenvalue weighted by Crippen LogP contribution is -2.28. The number of carbonyl (C=O) groups is 1. The summed E-state index contributed by atoms with van der Waals surface area (Å²) in [5.41, 5.74) is 1.83. The van der Waals surface area contributed by atoms with Crippen molar-refractivity contribution in [1.29, 1.82) is 0 Å². The summed E-state index contributed by atoms with van der Waals surface area (Å²) >= 11 is 0. The Hall–Kier alpha value is -3.15. The predicted molar refractivity (Wildman–Crippen MR) is 97.0 cm³/mol. The fourth-order valence-corrected chi connectivity index (χ4v) is 3.10. The van der Waals surface area contributed by atoms with E-state index in [0.717, 1.165) is 16.5 Å². The van der Waals surface area contributed by atoms with Crippen molar-refractivity contribution in [3.8, 4) is 0 Å². The van der Waals surface area contributed by atoms with Gasteiger partial charge in [-0.2, -0.15) is 5.10 Å². The van der Waals surface area contributed by atoms with Crippen LogP contribution >= 0.6 is 0 Å². The van der Waals surface area contributed by atoms with Crippen molar-refractivity contribution in [1.82, 2.24) is 9.78 Å². The summed E-state index contributed by atoms with van der Waals surface area (Å²) in [7, 11) is 0. The van der Waals surface area contributed by atoms with Crippen molar-refractivity contribution in [2.45, 2.75) is 19.6 Å². The molecule has 0 fully saturated rings. The molecule has 6 heteroatoms. The Kier molecular flexibility index (Phi) is 4.16. The molecule has 2 aromatic carbocycles. The highest BCUT2D eigenvalue weighted by molar-refractivity contribution is 6.01. The Morgan fingerprint density at radius 3 is 2.73 bits per heavy atom. The summed E-state index contributed by atoms with van der Waals surface area (Å²) in [5, 5.41) is 8.34. The number of nitrogens with one attached hydrogen (secondary N) is 1. The van der Waals surface area contributed by atoms with Gasteiger partial charge < -0.3 is 10.1 Å². The van der Waals surface area contributed by atoms with Crippen LogP contribution in [-0.4, -0.2) is 21.8 Å². The second kappa shape index (κ2) is 6.63. The number of benzene rings is 2. The third kappa shape index (κ3) is 3.06. The van der Waals surface area contributed by atoms with Crippen molar-refractivity contribution in [3.63, 3.8) is 0 Å². The van der Waals surface area contributed by atoms with Crippen LogP contribution in [0.25, 0.3) is 10.9 Å². The summed E-state index contributed by atoms with van der Waals surface area (Å²) in [6.45, 7) is 2.34. The Morgan fingerprint density at radius 2 is 2.00 bits per heavy atom. The van der Waals surface area contributed by atoms with E-state index in [4.69, 9.17) is 4.74 Å². The number of rotatable bonds is 4. The minimum Gasteiger partial charge on any atom is -0.497 e.